The van der Waals surface area contributed by atoms with Crippen LogP contribution >= 0.6 is 15.9 Å². The Kier molecular flexibility index (Phi) is 4.05. The molecule has 142 valence electrons. The molecule has 1 saturated heterocycles. The fraction of sp³-hybridized carbons (Fsp3) is 0.684. The molecule has 1 aromatic rings. The van der Waals surface area contributed by atoms with Crippen molar-refractivity contribution in [2.75, 3.05) is 24.6 Å². The Balaban J connectivity index is 1.56. The number of carbonyl (C=O) groups is 1. The smallest absolute Gasteiger partial charge is 0.239 e. The van der Waals surface area contributed by atoms with Gasteiger partial charge in [-0.1, -0.05) is 0 Å². The second-order valence-corrected chi connectivity index (χ2v) is 9.93. The molecule has 7 heteroatoms. The van der Waals surface area contributed by atoms with Gasteiger partial charge in [-0.25, -0.2) is 0 Å². The molecule has 0 bridgehead atoms. The highest BCUT2D eigenvalue weighted by molar-refractivity contribution is 9.10. The van der Waals surface area contributed by atoms with Crippen molar-refractivity contribution in [2.45, 2.75) is 63.3 Å². The van der Waals surface area contributed by atoms with Crippen LogP contribution in [-0.4, -0.2) is 52.8 Å². The highest BCUT2D eigenvalue weighted by atomic mass is 79.9. The summed E-state index contributed by atoms with van der Waals surface area (Å²) < 4.78 is 6.70. The van der Waals surface area contributed by atoms with Gasteiger partial charge in [-0.15, -0.1) is 0 Å². The summed E-state index contributed by atoms with van der Waals surface area (Å²) in [6, 6.07) is 2.12. The van der Waals surface area contributed by atoms with E-state index in [-0.39, 0.29) is 23.2 Å². The van der Waals surface area contributed by atoms with E-state index in [0.717, 1.165) is 41.8 Å². The number of morpholine rings is 1. The van der Waals surface area contributed by atoms with Gasteiger partial charge in [0.2, 0.25) is 5.91 Å². The molecule has 0 radical (unpaired) electrons. The molecule has 1 aromatic heterocycles. The van der Waals surface area contributed by atoms with Crippen LogP contribution in [0.3, 0.4) is 0 Å². The van der Waals surface area contributed by atoms with E-state index >= 15 is 0 Å². The number of pyridine rings is 1. The molecule has 1 saturated carbocycles. The van der Waals surface area contributed by atoms with Crippen LogP contribution in [0, 0.1) is 0 Å². The number of hydrogen-bond donors (Lipinski definition) is 1. The first kappa shape index (κ1) is 18.3. The van der Waals surface area contributed by atoms with Crippen LogP contribution in [-0.2, 0) is 14.9 Å². The molecule has 2 aliphatic heterocycles. The zero-order valence-corrected chi connectivity index (χ0v) is 17.5. The lowest BCUT2D eigenvalue weighted by atomic mass is 9.77. The lowest BCUT2D eigenvalue weighted by Crippen LogP contribution is -2.72. The van der Waals surface area contributed by atoms with E-state index in [1.165, 1.54) is 0 Å². The van der Waals surface area contributed by atoms with Crippen molar-refractivity contribution in [3.63, 3.8) is 0 Å². The van der Waals surface area contributed by atoms with Crippen LogP contribution in [0.4, 0.5) is 5.69 Å². The number of halogens is 1. The van der Waals surface area contributed by atoms with Gasteiger partial charge in [0.25, 0.3) is 0 Å². The van der Waals surface area contributed by atoms with Crippen molar-refractivity contribution in [1.82, 2.24) is 9.88 Å². The summed E-state index contributed by atoms with van der Waals surface area (Å²) in [5.74, 6) is 0.118. The molecule has 0 aromatic carbocycles. The summed E-state index contributed by atoms with van der Waals surface area (Å²) in [6.45, 7) is 10.5. The number of rotatable bonds is 2. The van der Waals surface area contributed by atoms with Gasteiger partial charge in [-0.05, 0) is 62.5 Å². The Morgan fingerprint density at radius 3 is 2.65 bits per heavy atom. The van der Waals surface area contributed by atoms with E-state index in [0.29, 0.717) is 6.61 Å². The molecular weight excluding hydrogens is 396 g/mol. The summed E-state index contributed by atoms with van der Waals surface area (Å²) in [7, 11) is 0. The lowest BCUT2D eigenvalue weighted by Gasteiger charge is -2.57. The number of anilines is 1. The Morgan fingerprint density at radius 2 is 2.00 bits per heavy atom. The Bertz CT molecular complexity index is 758. The van der Waals surface area contributed by atoms with Crippen LogP contribution in [0.2, 0.25) is 0 Å². The van der Waals surface area contributed by atoms with E-state index in [2.05, 4.69) is 39.7 Å². The van der Waals surface area contributed by atoms with Gasteiger partial charge in [0.05, 0.1) is 34.7 Å². The van der Waals surface area contributed by atoms with Crippen molar-refractivity contribution >= 4 is 27.5 Å². The molecule has 3 heterocycles. The number of amides is 1. The maximum absolute atomic E-state index is 13.1. The van der Waals surface area contributed by atoms with Gasteiger partial charge in [-0.2, -0.15) is 0 Å². The quantitative estimate of drug-likeness (QED) is 0.791. The lowest BCUT2D eigenvalue weighted by molar-refractivity contribution is -0.138. The number of carbonyl (C=O) groups excluding carboxylic acids is 1. The molecule has 6 nitrogen and oxygen atoms in total. The SMILES string of the molecule is CC1(C)CN(C2(N)CC(N3C(=O)C(C)(C)c4ncc(Br)cc43)C2)CCO1. The van der Waals surface area contributed by atoms with Crippen LogP contribution in [0.25, 0.3) is 0 Å². The van der Waals surface area contributed by atoms with E-state index in [1.807, 2.05) is 24.8 Å². The highest BCUT2D eigenvalue weighted by Crippen LogP contribution is 2.48. The molecule has 4 rings (SSSR count). The Hall–Kier alpha value is -1.02. The number of nitrogens with zero attached hydrogens (tertiary/aromatic N) is 3. The predicted molar refractivity (Wildman–Crippen MR) is 104 cm³/mol. The minimum Gasteiger partial charge on any atom is -0.373 e. The van der Waals surface area contributed by atoms with E-state index < -0.39 is 5.41 Å². The fourth-order valence-corrected chi connectivity index (χ4v) is 4.88. The van der Waals surface area contributed by atoms with Gasteiger partial charge < -0.3 is 15.4 Å². The number of nitrogens with two attached hydrogens (primary N) is 1. The zero-order chi connectivity index (χ0) is 18.9. The molecule has 2 N–H and O–H groups in total. The van der Waals surface area contributed by atoms with Crippen LogP contribution in [0.15, 0.2) is 16.7 Å². The summed E-state index contributed by atoms with van der Waals surface area (Å²) in [4.78, 5) is 21.9. The molecule has 0 unspecified atom stereocenters. The van der Waals surface area contributed by atoms with Crippen LogP contribution in [0.5, 0.6) is 0 Å². The normalized spacial score (nSPS) is 33.1. The third kappa shape index (κ3) is 2.71. The predicted octanol–water partition coefficient (Wildman–Crippen LogP) is 2.40. The molecule has 26 heavy (non-hydrogen) atoms. The summed E-state index contributed by atoms with van der Waals surface area (Å²) in [5, 5.41) is 0. The molecule has 2 fully saturated rings. The third-order valence-corrected chi connectivity index (χ3v) is 6.47. The minimum absolute atomic E-state index is 0.118. The first-order valence-electron chi connectivity index (χ1n) is 9.21. The molecule has 1 aliphatic carbocycles. The number of fused-ring (bicyclic) bond motifs is 1. The molecule has 0 spiro atoms. The minimum atomic E-state index is -0.593. The van der Waals surface area contributed by atoms with Crippen LogP contribution < -0.4 is 10.6 Å². The first-order chi connectivity index (χ1) is 12.0. The standard InChI is InChI=1S/C19H27BrN4O2/c1-17(2)11-23(5-6-26-17)19(21)8-13(9-19)24-14-7-12(20)10-22-15(14)18(3,4)16(24)25/h7,10,13H,5-6,8-9,11,21H2,1-4H3. The van der Waals surface area contributed by atoms with Crippen molar-refractivity contribution in [3.05, 3.63) is 22.4 Å². The Morgan fingerprint density at radius 1 is 1.31 bits per heavy atom. The molecule has 0 atom stereocenters. The van der Waals surface area contributed by atoms with Gasteiger partial charge in [0.1, 0.15) is 0 Å². The zero-order valence-electron chi connectivity index (χ0n) is 15.9. The van der Waals surface area contributed by atoms with Crippen molar-refractivity contribution in [3.8, 4) is 0 Å². The van der Waals surface area contributed by atoms with Gasteiger partial charge >= 0.3 is 0 Å². The largest absolute Gasteiger partial charge is 0.373 e. The number of hydrogen-bond acceptors (Lipinski definition) is 5. The average molecular weight is 423 g/mol. The maximum atomic E-state index is 13.1. The molecule has 3 aliphatic rings. The number of ether oxygens (including phenoxy) is 1. The van der Waals surface area contributed by atoms with Crippen molar-refractivity contribution in [2.24, 2.45) is 5.73 Å². The maximum Gasteiger partial charge on any atom is 0.239 e. The van der Waals surface area contributed by atoms with Gasteiger partial charge in [0.15, 0.2) is 0 Å². The van der Waals surface area contributed by atoms with Crippen LogP contribution in [0.1, 0.15) is 46.2 Å². The first-order valence-corrected chi connectivity index (χ1v) is 10.0. The van der Waals surface area contributed by atoms with Crippen molar-refractivity contribution in [1.29, 1.82) is 0 Å². The molecule has 1 amide bonds. The van der Waals surface area contributed by atoms with E-state index in [4.69, 9.17) is 10.5 Å². The van der Waals surface area contributed by atoms with E-state index in [1.54, 1.807) is 6.20 Å². The third-order valence-electron chi connectivity index (χ3n) is 6.04. The Labute approximate surface area is 163 Å². The van der Waals surface area contributed by atoms with Crippen molar-refractivity contribution < 1.29 is 9.53 Å². The summed E-state index contributed by atoms with van der Waals surface area (Å²) in [6.07, 6.45) is 3.31. The highest BCUT2D eigenvalue weighted by Gasteiger charge is 2.55. The second kappa shape index (κ2) is 5.74. The topological polar surface area (TPSA) is 71.7 Å². The second-order valence-electron chi connectivity index (χ2n) is 9.02. The average Bonchev–Trinajstić information content (AvgIpc) is 2.70. The van der Waals surface area contributed by atoms with Gasteiger partial charge in [0, 0.05) is 29.8 Å². The van der Waals surface area contributed by atoms with Gasteiger partial charge in [-0.3, -0.25) is 14.7 Å². The summed E-state index contributed by atoms with van der Waals surface area (Å²) >= 11 is 3.49. The van der Waals surface area contributed by atoms with E-state index in [9.17, 15) is 4.79 Å². The fourth-order valence-electron chi connectivity index (χ4n) is 4.56. The number of aromatic nitrogens is 1. The summed E-state index contributed by atoms with van der Waals surface area (Å²) in [5.41, 5.74) is 7.37. The monoisotopic (exact) mass is 422 g/mol. The molecular formula is C19H27BrN4O2.